The van der Waals surface area contributed by atoms with E-state index in [2.05, 4.69) is 46.5 Å². The van der Waals surface area contributed by atoms with Gasteiger partial charge in [0.15, 0.2) is 23.0 Å². The quantitative estimate of drug-likeness (QED) is 0.111. The lowest BCUT2D eigenvalue weighted by molar-refractivity contribution is 0.0322. The number of benzene rings is 3. The Bertz CT molecular complexity index is 2250. The number of amides is 2. The summed E-state index contributed by atoms with van der Waals surface area (Å²) in [5.41, 5.74) is 3.36. The van der Waals surface area contributed by atoms with Crippen LogP contribution < -0.4 is 15.4 Å². The predicted molar refractivity (Wildman–Crippen MR) is 206 cm³/mol. The van der Waals surface area contributed by atoms with Gasteiger partial charge < -0.3 is 19.9 Å². The Morgan fingerprint density at radius 1 is 1.02 bits per heavy atom. The number of hydrogen-bond donors (Lipinski definition) is 3. The van der Waals surface area contributed by atoms with E-state index in [4.69, 9.17) is 14.6 Å². The summed E-state index contributed by atoms with van der Waals surface area (Å²) < 4.78 is 29.3. The minimum Gasteiger partial charge on any atom is -0.505 e. The van der Waals surface area contributed by atoms with Gasteiger partial charge in [-0.1, -0.05) is 62.9 Å². The van der Waals surface area contributed by atoms with Gasteiger partial charge in [0.1, 0.15) is 18.2 Å². The van der Waals surface area contributed by atoms with Crippen molar-refractivity contribution in [2.45, 2.75) is 48.9 Å². The van der Waals surface area contributed by atoms with E-state index in [1.54, 1.807) is 23.9 Å². The zero-order valence-corrected chi connectivity index (χ0v) is 31.3. The number of ether oxygens (including phenoxy) is 2. The number of phenolic OH excluding ortho intramolecular Hbond substituents is 1. The number of pyridine rings is 1. The van der Waals surface area contributed by atoms with Crippen molar-refractivity contribution in [2.24, 2.45) is 0 Å². The van der Waals surface area contributed by atoms with Crippen molar-refractivity contribution in [2.75, 3.05) is 44.8 Å². The van der Waals surface area contributed by atoms with Crippen LogP contribution in [-0.2, 0) is 16.7 Å². The first-order chi connectivity index (χ1) is 26.2. The molecule has 3 aromatic carbocycles. The average molecular weight is 751 g/mol. The number of anilines is 1. The zero-order chi connectivity index (χ0) is 37.7. The monoisotopic (exact) mass is 750 g/mol. The fourth-order valence-corrected chi connectivity index (χ4v) is 6.96. The number of halogens is 1. The number of aromatic hydroxyl groups is 1. The molecule has 0 atom stereocenters. The van der Waals surface area contributed by atoms with Crippen LogP contribution in [0.3, 0.4) is 0 Å². The summed E-state index contributed by atoms with van der Waals surface area (Å²) in [6.07, 6.45) is 2.82. The standard InChI is InChI=1S/C40H43FN8O4S/c1-4-40(2,3)35-24-37(49(46-35)29-12-14-33(50)32(41)23-29)43-39(51)42-25-28-8-5-6-11-34(28)54-31-13-15-36-44-45-38(48(36)26-31)27-9-7-10-30(22-27)53-21-18-47-16-19-52-20-17-47/h5-15,22-24,26,50H,4,16-21,25H2,1-3H3,(H2,42,43,51). The Morgan fingerprint density at radius 3 is 2.67 bits per heavy atom. The Labute approximate surface area is 317 Å². The van der Waals surface area contributed by atoms with Crippen LogP contribution in [-0.4, -0.2) is 79.9 Å². The number of nitrogens with zero attached hydrogens (tertiary/aromatic N) is 6. The van der Waals surface area contributed by atoms with E-state index in [0.29, 0.717) is 23.9 Å². The third kappa shape index (κ3) is 8.51. The smallest absolute Gasteiger partial charge is 0.320 e. The molecular formula is C40H43FN8O4S. The molecule has 3 N–H and O–H groups in total. The number of phenols is 1. The van der Waals surface area contributed by atoms with Gasteiger partial charge in [-0.2, -0.15) is 5.10 Å². The molecule has 1 saturated heterocycles. The van der Waals surface area contributed by atoms with Gasteiger partial charge in [-0.3, -0.25) is 14.6 Å². The first kappa shape index (κ1) is 36.9. The third-order valence-electron chi connectivity index (χ3n) is 9.59. The number of nitrogens with one attached hydrogen (secondary N) is 2. The molecule has 0 radical (unpaired) electrons. The van der Waals surface area contributed by atoms with Crippen molar-refractivity contribution in [1.29, 1.82) is 0 Å². The summed E-state index contributed by atoms with van der Waals surface area (Å²) in [6, 6.07) is 25.1. The maximum atomic E-state index is 14.3. The van der Waals surface area contributed by atoms with Crippen LogP contribution in [0.2, 0.25) is 0 Å². The first-order valence-electron chi connectivity index (χ1n) is 17.9. The molecule has 54 heavy (non-hydrogen) atoms. The van der Waals surface area contributed by atoms with Crippen molar-refractivity contribution in [3.8, 4) is 28.6 Å². The highest BCUT2D eigenvalue weighted by Gasteiger charge is 2.25. The molecule has 0 unspecified atom stereocenters. The second-order valence-electron chi connectivity index (χ2n) is 13.7. The maximum absolute atomic E-state index is 14.3. The highest BCUT2D eigenvalue weighted by Crippen LogP contribution is 2.33. The van der Waals surface area contributed by atoms with Crippen LogP contribution in [0.25, 0.3) is 22.7 Å². The highest BCUT2D eigenvalue weighted by molar-refractivity contribution is 7.99. The average Bonchev–Trinajstić information content (AvgIpc) is 3.81. The molecule has 14 heteroatoms. The Balaban J connectivity index is 1.04. The predicted octanol–water partition coefficient (Wildman–Crippen LogP) is 7.30. The molecule has 12 nitrogen and oxygen atoms in total. The second-order valence-corrected chi connectivity index (χ2v) is 14.8. The van der Waals surface area contributed by atoms with Crippen LogP contribution in [0.5, 0.6) is 11.5 Å². The van der Waals surface area contributed by atoms with Gasteiger partial charge >= 0.3 is 6.03 Å². The van der Waals surface area contributed by atoms with E-state index in [1.165, 1.54) is 16.8 Å². The zero-order valence-electron chi connectivity index (χ0n) is 30.5. The summed E-state index contributed by atoms with van der Waals surface area (Å²) in [5, 5.41) is 29.2. The SMILES string of the molecule is CCC(C)(C)c1cc(NC(=O)NCc2ccccc2Sc2ccc3nnc(-c4cccc(OCCN5CCOCC5)c4)n3c2)n(-c2ccc(O)c(F)c2)n1. The van der Waals surface area contributed by atoms with Crippen LogP contribution >= 0.6 is 11.8 Å². The first-order valence-corrected chi connectivity index (χ1v) is 18.8. The van der Waals surface area contributed by atoms with E-state index in [-0.39, 0.29) is 12.0 Å². The summed E-state index contributed by atoms with van der Waals surface area (Å²) in [4.78, 5) is 17.6. The molecule has 2 amide bonds. The van der Waals surface area contributed by atoms with Gasteiger partial charge in [-0.05, 0) is 54.4 Å². The van der Waals surface area contributed by atoms with E-state index >= 15 is 0 Å². The van der Waals surface area contributed by atoms with Crippen molar-refractivity contribution < 1.29 is 23.8 Å². The third-order valence-corrected chi connectivity index (χ3v) is 10.7. The van der Waals surface area contributed by atoms with Crippen molar-refractivity contribution in [3.05, 3.63) is 108 Å². The molecule has 1 aliphatic heterocycles. The molecule has 280 valence electrons. The number of fused-ring (bicyclic) bond motifs is 1. The molecular weight excluding hydrogens is 708 g/mol. The molecule has 0 aliphatic carbocycles. The van der Waals surface area contributed by atoms with Crippen molar-refractivity contribution >= 4 is 29.3 Å². The molecule has 3 aromatic heterocycles. The van der Waals surface area contributed by atoms with Gasteiger partial charge in [0.25, 0.3) is 0 Å². The van der Waals surface area contributed by atoms with E-state index < -0.39 is 17.6 Å². The van der Waals surface area contributed by atoms with Crippen LogP contribution in [0.15, 0.2) is 101 Å². The second kappa shape index (κ2) is 16.3. The van der Waals surface area contributed by atoms with E-state index in [1.807, 2.05) is 71.3 Å². The highest BCUT2D eigenvalue weighted by atomic mass is 32.2. The maximum Gasteiger partial charge on any atom is 0.320 e. The number of urea groups is 1. The lowest BCUT2D eigenvalue weighted by Crippen LogP contribution is -2.38. The van der Waals surface area contributed by atoms with E-state index in [0.717, 1.165) is 77.3 Å². The largest absolute Gasteiger partial charge is 0.505 e. The lowest BCUT2D eigenvalue weighted by atomic mass is 9.87. The molecule has 4 heterocycles. The van der Waals surface area contributed by atoms with Gasteiger partial charge in [-0.15, -0.1) is 10.2 Å². The molecule has 1 fully saturated rings. The molecule has 0 spiro atoms. The van der Waals surface area contributed by atoms with Crippen molar-refractivity contribution in [3.63, 3.8) is 0 Å². The number of carbonyl (C=O) groups excluding carboxylic acids is 1. The van der Waals surface area contributed by atoms with Gasteiger partial charge in [0, 0.05) is 65.3 Å². The number of morpholine rings is 1. The minimum absolute atomic E-state index is 0.253. The van der Waals surface area contributed by atoms with Gasteiger partial charge in [0.2, 0.25) is 0 Å². The van der Waals surface area contributed by atoms with Crippen molar-refractivity contribution in [1.82, 2.24) is 34.6 Å². The summed E-state index contributed by atoms with van der Waals surface area (Å²) in [7, 11) is 0. The number of aromatic nitrogens is 5. The minimum atomic E-state index is -0.780. The Morgan fingerprint density at radius 2 is 1.85 bits per heavy atom. The van der Waals surface area contributed by atoms with Crippen LogP contribution in [0.4, 0.5) is 15.0 Å². The Kier molecular flexibility index (Phi) is 11.1. The summed E-state index contributed by atoms with van der Waals surface area (Å²) in [5.74, 6) is 0.616. The molecule has 0 saturated carbocycles. The topological polar surface area (TPSA) is 131 Å². The molecule has 1 aliphatic rings. The molecule has 7 rings (SSSR count). The van der Waals surface area contributed by atoms with Crippen LogP contribution in [0, 0.1) is 5.82 Å². The normalized spacial score (nSPS) is 13.6. The summed E-state index contributed by atoms with van der Waals surface area (Å²) >= 11 is 1.57. The summed E-state index contributed by atoms with van der Waals surface area (Å²) in [6.45, 7) is 11.2. The molecule has 6 aromatic rings. The van der Waals surface area contributed by atoms with Crippen LogP contribution in [0.1, 0.15) is 38.4 Å². The number of hydrogen-bond acceptors (Lipinski definition) is 9. The number of rotatable bonds is 13. The van der Waals surface area contributed by atoms with Gasteiger partial charge in [-0.25, -0.2) is 13.9 Å². The van der Waals surface area contributed by atoms with Gasteiger partial charge in [0.05, 0.1) is 24.6 Å². The molecule has 0 bridgehead atoms. The fourth-order valence-electron chi connectivity index (χ4n) is 5.99. The fraction of sp³-hybridized carbons (Fsp3) is 0.300. The Hall–Kier alpha value is -5.44. The number of carbonyl (C=O) groups is 1. The lowest BCUT2D eigenvalue weighted by Gasteiger charge is -2.26. The van der Waals surface area contributed by atoms with E-state index in [9.17, 15) is 14.3 Å².